The monoisotopic (exact) mass is 262 g/mol. The largest absolute Gasteiger partial charge is 0.466 e. The van der Waals surface area contributed by atoms with Gasteiger partial charge in [0.2, 0.25) is 0 Å². The summed E-state index contributed by atoms with van der Waals surface area (Å²) in [6.45, 7) is 4.56. The van der Waals surface area contributed by atoms with E-state index in [-0.39, 0.29) is 0 Å². The topological polar surface area (TPSA) is 102 Å². The molecule has 6 nitrogen and oxygen atoms in total. The van der Waals surface area contributed by atoms with Crippen LogP contribution >= 0.6 is 7.82 Å². The quantitative estimate of drug-likeness (QED) is 0.420. The average molecular weight is 262 g/mol. The molecule has 98 valence electrons. The number of piperazine rings is 1. The van der Waals surface area contributed by atoms with Crippen LogP contribution in [0.2, 0.25) is 0 Å². The lowest BCUT2D eigenvalue weighted by atomic mass is 10.4. The van der Waals surface area contributed by atoms with E-state index in [0.717, 1.165) is 26.2 Å². The Morgan fingerprint density at radius 1 is 0.706 bits per heavy atom. The van der Waals surface area contributed by atoms with Crippen molar-refractivity contribution in [3.8, 4) is 0 Å². The van der Waals surface area contributed by atoms with Gasteiger partial charge in [0, 0.05) is 26.2 Å². The second-order valence-corrected chi connectivity index (χ2v) is 4.19. The molecule has 0 spiro atoms. The molecule has 0 bridgehead atoms. The van der Waals surface area contributed by atoms with Crippen molar-refractivity contribution >= 4 is 7.82 Å². The highest BCUT2D eigenvalue weighted by atomic mass is 31.2. The van der Waals surface area contributed by atoms with Gasteiger partial charge in [0.25, 0.3) is 0 Å². The highest BCUT2D eigenvalue weighted by Crippen LogP contribution is 2.25. The molecule has 1 aliphatic rings. The number of nitrogens with one attached hydrogen (secondary N) is 2. The second kappa shape index (κ2) is 10.4. The Hall–Kier alpha value is -0.750. The van der Waals surface area contributed by atoms with Gasteiger partial charge in [-0.15, -0.1) is 0 Å². The van der Waals surface area contributed by atoms with Crippen molar-refractivity contribution in [3.05, 3.63) is 36.4 Å². The maximum atomic E-state index is 8.88. The summed E-state index contributed by atoms with van der Waals surface area (Å²) in [4.78, 5) is 21.6. The molecular weight excluding hydrogens is 243 g/mol. The van der Waals surface area contributed by atoms with Gasteiger partial charge in [-0.2, -0.15) is 0 Å². The van der Waals surface area contributed by atoms with E-state index >= 15 is 0 Å². The first-order valence-electron chi connectivity index (χ1n) is 5.20. The van der Waals surface area contributed by atoms with Crippen LogP contribution in [0.4, 0.5) is 0 Å². The fourth-order valence-electron chi connectivity index (χ4n) is 0.988. The summed E-state index contributed by atoms with van der Waals surface area (Å²) in [5.41, 5.74) is 0. The molecular formula is C10H19N2O4P. The van der Waals surface area contributed by atoms with Crippen LogP contribution in [-0.2, 0) is 4.57 Å². The summed E-state index contributed by atoms with van der Waals surface area (Å²) in [7, 11) is -4.64. The van der Waals surface area contributed by atoms with Gasteiger partial charge in [0.05, 0.1) is 0 Å². The Morgan fingerprint density at radius 3 is 1.00 bits per heavy atom. The molecule has 0 unspecified atom stereocenters. The Bertz CT molecular complexity index is 254. The first kappa shape index (κ1) is 16.2. The lowest BCUT2D eigenvalue weighted by molar-refractivity contribution is 0.275. The fraction of sp³-hybridized carbons (Fsp3) is 0.400. The van der Waals surface area contributed by atoms with Crippen LogP contribution in [0.1, 0.15) is 0 Å². The molecule has 5 N–H and O–H groups in total. The number of hydrogen-bond acceptors (Lipinski definition) is 3. The molecule has 2 rings (SSSR count). The summed E-state index contributed by atoms with van der Waals surface area (Å²) in [5, 5.41) is 6.44. The SMILES string of the molecule is C1CNCCN1.O=P(O)(O)O.c1ccccc1. The maximum Gasteiger partial charge on any atom is 0.466 e. The van der Waals surface area contributed by atoms with Gasteiger partial charge in [-0.1, -0.05) is 36.4 Å². The lowest BCUT2D eigenvalue weighted by Crippen LogP contribution is -2.39. The van der Waals surface area contributed by atoms with Crippen LogP contribution in [0, 0.1) is 0 Å². The predicted molar refractivity (Wildman–Crippen MR) is 66.4 cm³/mol. The molecule has 0 saturated carbocycles. The van der Waals surface area contributed by atoms with Crippen LogP contribution in [-0.4, -0.2) is 40.9 Å². The zero-order valence-electron chi connectivity index (χ0n) is 9.49. The zero-order valence-corrected chi connectivity index (χ0v) is 10.4. The van der Waals surface area contributed by atoms with E-state index in [1.165, 1.54) is 0 Å². The van der Waals surface area contributed by atoms with Crippen LogP contribution in [0.3, 0.4) is 0 Å². The molecule has 17 heavy (non-hydrogen) atoms. The molecule has 0 aromatic heterocycles. The van der Waals surface area contributed by atoms with E-state index < -0.39 is 7.82 Å². The van der Waals surface area contributed by atoms with Gasteiger partial charge < -0.3 is 25.3 Å². The van der Waals surface area contributed by atoms with Crippen molar-refractivity contribution in [2.24, 2.45) is 0 Å². The van der Waals surface area contributed by atoms with Gasteiger partial charge in [0.1, 0.15) is 0 Å². The molecule has 1 fully saturated rings. The summed E-state index contributed by atoms with van der Waals surface area (Å²) in [5.74, 6) is 0. The molecule has 0 radical (unpaired) electrons. The van der Waals surface area contributed by atoms with Gasteiger partial charge in [-0.3, -0.25) is 0 Å². The minimum atomic E-state index is -4.64. The van der Waals surface area contributed by atoms with Crippen molar-refractivity contribution in [1.82, 2.24) is 10.6 Å². The fourth-order valence-corrected chi connectivity index (χ4v) is 0.988. The third-order valence-electron chi connectivity index (χ3n) is 1.62. The standard InChI is InChI=1S/C6H6.C4H10N2.H3O4P/c1-2-4-6-5-3-1;1-2-6-4-3-5-1;1-5(2,3)4/h1-6H;5-6H,1-4H2;(H3,1,2,3,4). The third-order valence-corrected chi connectivity index (χ3v) is 1.62. The smallest absolute Gasteiger partial charge is 0.314 e. The Morgan fingerprint density at radius 2 is 0.882 bits per heavy atom. The van der Waals surface area contributed by atoms with E-state index in [2.05, 4.69) is 10.6 Å². The van der Waals surface area contributed by atoms with E-state index in [4.69, 9.17) is 19.2 Å². The molecule has 0 atom stereocenters. The molecule has 7 heteroatoms. The summed E-state index contributed by atoms with van der Waals surface area (Å²) in [6, 6.07) is 12.0. The van der Waals surface area contributed by atoms with Crippen LogP contribution in [0.15, 0.2) is 36.4 Å². The highest BCUT2D eigenvalue weighted by Gasteiger charge is 2.00. The predicted octanol–water partition coefficient (Wildman–Crippen LogP) is -0.0628. The first-order valence-corrected chi connectivity index (χ1v) is 6.76. The van der Waals surface area contributed by atoms with E-state index in [9.17, 15) is 0 Å². The normalized spacial score (nSPS) is 14.8. The van der Waals surface area contributed by atoms with Gasteiger partial charge in [-0.25, -0.2) is 4.57 Å². The van der Waals surface area contributed by atoms with Crippen molar-refractivity contribution in [2.75, 3.05) is 26.2 Å². The Kier molecular flexibility index (Phi) is 9.95. The minimum absolute atomic E-state index is 1.14. The lowest BCUT2D eigenvalue weighted by Gasteiger charge is -2.11. The molecule has 1 aromatic rings. The molecule has 0 aliphatic carbocycles. The van der Waals surface area contributed by atoms with Crippen LogP contribution in [0.5, 0.6) is 0 Å². The van der Waals surface area contributed by atoms with Crippen molar-refractivity contribution in [3.63, 3.8) is 0 Å². The van der Waals surface area contributed by atoms with E-state index in [1.54, 1.807) is 0 Å². The molecule has 1 heterocycles. The Balaban J connectivity index is 0.000000228. The molecule has 0 amide bonds. The second-order valence-electron chi connectivity index (χ2n) is 3.17. The van der Waals surface area contributed by atoms with Gasteiger partial charge >= 0.3 is 7.82 Å². The Labute approximate surface area is 101 Å². The summed E-state index contributed by atoms with van der Waals surface area (Å²) < 4.78 is 8.88. The molecule has 1 saturated heterocycles. The van der Waals surface area contributed by atoms with E-state index in [0.29, 0.717) is 0 Å². The van der Waals surface area contributed by atoms with E-state index in [1.807, 2.05) is 36.4 Å². The van der Waals surface area contributed by atoms with Crippen LogP contribution < -0.4 is 10.6 Å². The zero-order chi connectivity index (χ0) is 13.0. The maximum absolute atomic E-state index is 8.88. The van der Waals surface area contributed by atoms with Crippen LogP contribution in [0.25, 0.3) is 0 Å². The van der Waals surface area contributed by atoms with Crippen molar-refractivity contribution in [1.29, 1.82) is 0 Å². The van der Waals surface area contributed by atoms with Gasteiger partial charge in [-0.05, 0) is 0 Å². The third kappa shape index (κ3) is 21.2. The van der Waals surface area contributed by atoms with Crippen molar-refractivity contribution in [2.45, 2.75) is 0 Å². The summed E-state index contributed by atoms with van der Waals surface area (Å²) in [6.07, 6.45) is 0. The summed E-state index contributed by atoms with van der Waals surface area (Å²) >= 11 is 0. The number of phosphoric acid groups is 1. The molecule has 1 aromatic carbocycles. The number of hydrogen-bond donors (Lipinski definition) is 5. The first-order chi connectivity index (χ1) is 8.00. The number of rotatable bonds is 0. The average Bonchev–Trinajstić information content (AvgIpc) is 2.32. The number of benzene rings is 1. The van der Waals surface area contributed by atoms with Crippen molar-refractivity contribution < 1.29 is 19.2 Å². The highest BCUT2D eigenvalue weighted by molar-refractivity contribution is 7.45. The van der Waals surface area contributed by atoms with Gasteiger partial charge in [0.15, 0.2) is 0 Å². The molecule has 1 aliphatic heterocycles. The minimum Gasteiger partial charge on any atom is -0.314 e.